The number of nitrogens with zero attached hydrogens (tertiary/aromatic N) is 1. The summed E-state index contributed by atoms with van der Waals surface area (Å²) in [7, 11) is 0. The van der Waals surface area contributed by atoms with Crippen molar-refractivity contribution in [2.75, 3.05) is 11.9 Å². The molecule has 1 aliphatic rings. The molecule has 7 heteroatoms. The van der Waals surface area contributed by atoms with Crippen LogP contribution in [-0.4, -0.2) is 35.5 Å². The highest BCUT2D eigenvalue weighted by atomic mass is 19.1. The van der Waals surface area contributed by atoms with E-state index in [9.17, 15) is 18.4 Å². The van der Waals surface area contributed by atoms with Crippen LogP contribution in [0, 0.1) is 11.6 Å². The van der Waals surface area contributed by atoms with Crippen LogP contribution < -0.4 is 10.6 Å². The fourth-order valence-corrected chi connectivity index (χ4v) is 2.44. The fraction of sp³-hybridized carbons (Fsp3) is 0.467. The molecule has 22 heavy (non-hydrogen) atoms. The zero-order valence-electron chi connectivity index (χ0n) is 12.5. The zero-order valence-corrected chi connectivity index (χ0v) is 12.5. The van der Waals surface area contributed by atoms with Gasteiger partial charge in [-0.25, -0.2) is 13.6 Å². The first-order valence-electron chi connectivity index (χ1n) is 7.21. The summed E-state index contributed by atoms with van der Waals surface area (Å²) in [5.74, 6) is -1.79. The van der Waals surface area contributed by atoms with Gasteiger partial charge in [0.15, 0.2) is 0 Å². The number of halogens is 2. The van der Waals surface area contributed by atoms with Crippen molar-refractivity contribution in [2.24, 2.45) is 0 Å². The van der Waals surface area contributed by atoms with Gasteiger partial charge in [0.1, 0.15) is 17.7 Å². The van der Waals surface area contributed by atoms with E-state index in [1.54, 1.807) is 0 Å². The molecule has 1 aromatic carbocycles. The molecule has 0 aliphatic carbocycles. The lowest BCUT2D eigenvalue weighted by Crippen LogP contribution is -2.49. The number of hydrogen-bond donors (Lipinski definition) is 2. The van der Waals surface area contributed by atoms with Crippen LogP contribution in [0.1, 0.15) is 26.7 Å². The summed E-state index contributed by atoms with van der Waals surface area (Å²) in [6.45, 7) is 4.10. The molecule has 1 aliphatic heterocycles. The first-order valence-corrected chi connectivity index (χ1v) is 7.21. The van der Waals surface area contributed by atoms with Crippen molar-refractivity contribution in [3.05, 3.63) is 29.8 Å². The van der Waals surface area contributed by atoms with Gasteiger partial charge in [0.25, 0.3) is 0 Å². The van der Waals surface area contributed by atoms with Crippen molar-refractivity contribution in [1.82, 2.24) is 10.2 Å². The molecular formula is C15H19F2N3O2. The SMILES string of the molecule is CC(C)NC(=O)[C@H]1CCCN1C(=O)Nc1ccc(F)cc1F. The molecule has 5 nitrogen and oxygen atoms in total. The van der Waals surface area contributed by atoms with Crippen LogP contribution in [0.25, 0.3) is 0 Å². The zero-order chi connectivity index (χ0) is 16.3. The number of amides is 3. The molecule has 0 radical (unpaired) electrons. The molecule has 1 saturated heterocycles. The molecule has 0 aromatic heterocycles. The molecule has 1 heterocycles. The second-order valence-electron chi connectivity index (χ2n) is 5.57. The third kappa shape index (κ3) is 3.72. The van der Waals surface area contributed by atoms with Crippen molar-refractivity contribution < 1.29 is 18.4 Å². The molecule has 3 amide bonds. The Hall–Kier alpha value is -2.18. The third-order valence-electron chi connectivity index (χ3n) is 3.42. The van der Waals surface area contributed by atoms with Crippen LogP contribution in [0.15, 0.2) is 18.2 Å². The van der Waals surface area contributed by atoms with E-state index in [1.165, 1.54) is 4.90 Å². The lowest BCUT2D eigenvalue weighted by Gasteiger charge is -2.25. The molecule has 120 valence electrons. The standard InChI is InChI=1S/C15H19F2N3O2/c1-9(2)18-14(21)13-4-3-7-20(13)15(22)19-12-6-5-10(16)8-11(12)17/h5-6,8-9,13H,3-4,7H2,1-2H3,(H,18,21)(H,19,22)/t13-/m1/s1. The molecule has 1 atom stereocenters. The van der Waals surface area contributed by atoms with E-state index in [1.807, 2.05) is 13.8 Å². The highest BCUT2D eigenvalue weighted by molar-refractivity contribution is 5.94. The van der Waals surface area contributed by atoms with Gasteiger partial charge >= 0.3 is 6.03 Å². The molecule has 1 aromatic rings. The van der Waals surface area contributed by atoms with E-state index in [-0.39, 0.29) is 17.6 Å². The van der Waals surface area contributed by atoms with Crippen molar-refractivity contribution in [2.45, 2.75) is 38.8 Å². The Kier molecular flexibility index (Phi) is 4.95. The summed E-state index contributed by atoms with van der Waals surface area (Å²) in [5, 5.41) is 5.15. The number of carbonyl (C=O) groups excluding carboxylic acids is 2. The number of urea groups is 1. The Labute approximate surface area is 127 Å². The van der Waals surface area contributed by atoms with E-state index < -0.39 is 23.7 Å². The Bertz CT molecular complexity index is 578. The van der Waals surface area contributed by atoms with Gasteiger partial charge in [-0.15, -0.1) is 0 Å². The topological polar surface area (TPSA) is 61.4 Å². The molecule has 0 bridgehead atoms. The van der Waals surface area contributed by atoms with Crippen molar-refractivity contribution in [3.8, 4) is 0 Å². The fourth-order valence-electron chi connectivity index (χ4n) is 2.44. The highest BCUT2D eigenvalue weighted by Gasteiger charge is 2.34. The van der Waals surface area contributed by atoms with Crippen molar-refractivity contribution in [1.29, 1.82) is 0 Å². The minimum atomic E-state index is -0.851. The summed E-state index contributed by atoms with van der Waals surface area (Å²) < 4.78 is 26.4. The number of likely N-dealkylation sites (tertiary alicyclic amines) is 1. The number of benzene rings is 1. The lowest BCUT2D eigenvalue weighted by molar-refractivity contribution is -0.125. The number of nitrogens with one attached hydrogen (secondary N) is 2. The molecular weight excluding hydrogens is 292 g/mol. The van der Waals surface area contributed by atoms with Crippen LogP contribution >= 0.6 is 0 Å². The van der Waals surface area contributed by atoms with Gasteiger partial charge in [0.2, 0.25) is 5.91 Å². The maximum absolute atomic E-state index is 13.6. The van der Waals surface area contributed by atoms with Gasteiger partial charge in [-0.1, -0.05) is 0 Å². The second kappa shape index (κ2) is 6.72. The molecule has 1 fully saturated rings. The van der Waals surface area contributed by atoms with Crippen molar-refractivity contribution in [3.63, 3.8) is 0 Å². The Morgan fingerprint density at radius 2 is 2.05 bits per heavy atom. The average Bonchev–Trinajstić information content (AvgIpc) is 2.90. The first-order chi connectivity index (χ1) is 10.4. The van der Waals surface area contributed by atoms with Crippen LogP contribution in [0.4, 0.5) is 19.3 Å². The largest absolute Gasteiger partial charge is 0.352 e. The smallest absolute Gasteiger partial charge is 0.322 e. The lowest BCUT2D eigenvalue weighted by atomic mass is 10.2. The molecule has 0 spiro atoms. The maximum atomic E-state index is 13.6. The highest BCUT2D eigenvalue weighted by Crippen LogP contribution is 2.21. The van der Waals surface area contributed by atoms with Crippen molar-refractivity contribution >= 4 is 17.6 Å². The summed E-state index contributed by atoms with van der Waals surface area (Å²) >= 11 is 0. The molecule has 0 saturated carbocycles. The number of hydrogen-bond acceptors (Lipinski definition) is 2. The van der Waals surface area contributed by atoms with E-state index in [4.69, 9.17) is 0 Å². The third-order valence-corrected chi connectivity index (χ3v) is 3.42. The minimum Gasteiger partial charge on any atom is -0.352 e. The van der Waals surface area contributed by atoms with Crippen LogP contribution in [0.2, 0.25) is 0 Å². The minimum absolute atomic E-state index is 0.0208. The van der Waals surface area contributed by atoms with Gasteiger partial charge in [-0.05, 0) is 38.8 Å². The van der Waals surface area contributed by atoms with Gasteiger partial charge < -0.3 is 15.5 Å². The summed E-state index contributed by atoms with van der Waals surface area (Å²) in [5.41, 5.74) is -0.110. The van der Waals surface area contributed by atoms with E-state index >= 15 is 0 Å². The molecule has 2 rings (SSSR count). The average molecular weight is 311 g/mol. The predicted molar refractivity (Wildman–Crippen MR) is 78.4 cm³/mol. The van der Waals surface area contributed by atoms with E-state index in [0.29, 0.717) is 25.5 Å². The van der Waals surface area contributed by atoms with Gasteiger partial charge in [-0.3, -0.25) is 4.79 Å². The van der Waals surface area contributed by atoms with Crippen LogP contribution in [-0.2, 0) is 4.79 Å². The number of carbonyl (C=O) groups is 2. The summed E-state index contributed by atoms with van der Waals surface area (Å²) in [4.78, 5) is 25.7. The Morgan fingerprint density at radius 3 is 2.68 bits per heavy atom. The summed E-state index contributed by atoms with van der Waals surface area (Å²) in [6, 6.07) is 1.76. The van der Waals surface area contributed by atoms with Crippen LogP contribution in [0.3, 0.4) is 0 Å². The van der Waals surface area contributed by atoms with E-state index in [2.05, 4.69) is 10.6 Å². The maximum Gasteiger partial charge on any atom is 0.322 e. The first kappa shape index (κ1) is 16.2. The van der Waals surface area contributed by atoms with Gasteiger partial charge in [0.05, 0.1) is 5.69 Å². The second-order valence-corrected chi connectivity index (χ2v) is 5.57. The monoisotopic (exact) mass is 311 g/mol. The Balaban J connectivity index is 2.06. The summed E-state index contributed by atoms with van der Waals surface area (Å²) in [6.07, 6.45) is 1.27. The number of rotatable bonds is 3. The van der Waals surface area contributed by atoms with Gasteiger partial charge in [0, 0.05) is 18.7 Å². The Morgan fingerprint density at radius 1 is 1.32 bits per heavy atom. The van der Waals surface area contributed by atoms with Crippen LogP contribution in [0.5, 0.6) is 0 Å². The normalized spacial score (nSPS) is 17.7. The van der Waals surface area contributed by atoms with E-state index in [0.717, 1.165) is 12.1 Å². The van der Waals surface area contributed by atoms with Gasteiger partial charge in [-0.2, -0.15) is 0 Å². The number of anilines is 1. The molecule has 2 N–H and O–H groups in total. The quantitative estimate of drug-likeness (QED) is 0.901. The predicted octanol–water partition coefficient (Wildman–Crippen LogP) is 2.49. The molecule has 0 unspecified atom stereocenters.